The second-order valence-electron chi connectivity index (χ2n) is 8.27. The number of carbonyl (C=O) groups is 1. The summed E-state index contributed by atoms with van der Waals surface area (Å²) in [5.74, 6) is 1.09. The summed E-state index contributed by atoms with van der Waals surface area (Å²) in [5.41, 5.74) is 1.80. The molecule has 0 aliphatic carbocycles. The van der Waals surface area contributed by atoms with Gasteiger partial charge in [-0.1, -0.05) is 12.1 Å². The van der Waals surface area contributed by atoms with Gasteiger partial charge in [0.25, 0.3) is 15.9 Å². The molecule has 198 valence electrons. The summed E-state index contributed by atoms with van der Waals surface area (Å²) >= 11 is 0. The molecule has 0 fully saturated rings. The van der Waals surface area contributed by atoms with Gasteiger partial charge >= 0.3 is 0 Å². The number of sulfonamides is 1. The SMILES string of the molecule is COc1cc(Nc2nc3ccccc3nc2NS(=O)(=O)c2ccc(C(=O)N(C)C)cc2)c(OC)c(OC)c1. The fourth-order valence-electron chi connectivity index (χ4n) is 3.66. The minimum atomic E-state index is -4.10. The molecule has 1 amide bonds. The molecule has 1 aromatic heterocycles. The Morgan fingerprint density at radius 3 is 2.03 bits per heavy atom. The monoisotopic (exact) mass is 537 g/mol. The first-order valence-electron chi connectivity index (χ1n) is 11.3. The molecule has 3 aromatic carbocycles. The molecule has 0 unspecified atom stereocenters. The number of anilines is 3. The molecule has 0 bridgehead atoms. The van der Waals surface area contributed by atoms with Crippen LogP contribution in [-0.4, -0.2) is 64.6 Å². The van der Waals surface area contributed by atoms with E-state index in [0.717, 1.165) is 0 Å². The topological polar surface area (TPSA) is 132 Å². The van der Waals surface area contributed by atoms with Gasteiger partial charge in [0.15, 0.2) is 23.1 Å². The number of nitrogens with zero attached hydrogens (tertiary/aromatic N) is 3. The van der Waals surface area contributed by atoms with Gasteiger partial charge < -0.3 is 24.4 Å². The quantitative estimate of drug-likeness (QED) is 0.326. The van der Waals surface area contributed by atoms with E-state index >= 15 is 0 Å². The number of hydrogen-bond acceptors (Lipinski definition) is 9. The molecule has 12 heteroatoms. The number of methoxy groups -OCH3 is 3. The Kier molecular flexibility index (Phi) is 7.53. The second-order valence-corrected chi connectivity index (χ2v) is 9.96. The van der Waals surface area contributed by atoms with Gasteiger partial charge in [-0.3, -0.25) is 9.52 Å². The zero-order valence-electron chi connectivity index (χ0n) is 21.5. The molecule has 4 aromatic rings. The number of nitrogens with one attached hydrogen (secondary N) is 2. The van der Waals surface area contributed by atoms with Gasteiger partial charge in [-0.2, -0.15) is 0 Å². The largest absolute Gasteiger partial charge is 0.497 e. The molecule has 0 radical (unpaired) electrons. The fourth-order valence-corrected chi connectivity index (χ4v) is 4.67. The molecule has 0 aliphatic heterocycles. The molecular formula is C26H27N5O6S. The van der Waals surface area contributed by atoms with Crippen molar-refractivity contribution in [1.82, 2.24) is 14.9 Å². The van der Waals surface area contributed by atoms with Gasteiger partial charge in [-0.15, -0.1) is 0 Å². The van der Waals surface area contributed by atoms with Gasteiger partial charge in [0.1, 0.15) is 5.75 Å². The van der Waals surface area contributed by atoms with Crippen molar-refractivity contribution in [1.29, 1.82) is 0 Å². The van der Waals surface area contributed by atoms with Crippen molar-refractivity contribution >= 4 is 44.3 Å². The highest BCUT2D eigenvalue weighted by molar-refractivity contribution is 7.92. The van der Waals surface area contributed by atoms with Crippen LogP contribution < -0.4 is 24.2 Å². The number of benzene rings is 3. The maximum Gasteiger partial charge on any atom is 0.263 e. The maximum absolute atomic E-state index is 13.3. The van der Waals surface area contributed by atoms with Gasteiger partial charge in [0, 0.05) is 31.8 Å². The molecule has 1 heterocycles. The Labute approximate surface area is 220 Å². The lowest BCUT2D eigenvalue weighted by Gasteiger charge is -2.18. The molecule has 0 atom stereocenters. The van der Waals surface area contributed by atoms with E-state index in [1.807, 2.05) is 0 Å². The summed E-state index contributed by atoms with van der Waals surface area (Å²) in [6.45, 7) is 0. The number of amides is 1. The molecule has 2 N–H and O–H groups in total. The van der Waals surface area contributed by atoms with E-state index in [1.165, 1.54) is 50.5 Å². The van der Waals surface area contributed by atoms with E-state index in [9.17, 15) is 13.2 Å². The third kappa shape index (κ3) is 5.39. The van der Waals surface area contributed by atoms with Gasteiger partial charge in [-0.05, 0) is 36.4 Å². The molecule has 4 rings (SSSR count). The minimum absolute atomic E-state index is 0.0408. The van der Waals surface area contributed by atoms with E-state index in [2.05, 4.69) is 20.0 Å². The highest BCUT2D eigenvalue weighted by Gasteiger charge is 2.22. The minimum Gasteiger partial charge on any atom is -0.497 e. The van der Waals surface area contributed by atoms with Crippen molar-refractivity contribution in [2.45, 2.75) is 4.90 Å². The van der Waals surface area contributed by atoms with Crippen molar-refractivity contribution in [2.75, 3.05) is 45.5 Å². The van der Waals surface area contributed by atoms with E-state index < -0.39 is 10.0 Å². The van der Waals surface area contributed by atoms with Gasteiger partial charge in [-0.25, -0.2) is 18.4 Å². The van der Waals surface area contributed by atoms with Crippen molar-refractivity contribution in [3.63, 3.8) is 0 Å². The first kappa shape index (κ1) is 26.5. The summed E-state index contributed by atoms with van der Waals surface area (Å²) in [6, 6.07) is 16.0. The first-order chi connectivity index (χ1) is 18.2. The summed E-state index contributed by atoms with van der Waals surface area (Å²) in [7, 11) is 3.63. The third-order valence-electron chi connectivity index (χ3n) is 5.56. The summed E-state index contributed by atoms with van der Waals surface area (Å²) in [4.78, 5) is 22.7. The van der Waals surface area contributed by atoms with Crippen LogP contribution in [0.2, 0.25) is 0 Å². The standard InChI is InChI=1S/C26H27N5O6S/c1-31(2)26(32)16-10-12-18(13-11-16)38(33,34)30-25-24(27-19-8-6-7-9-20(19)28-25)29-21-14-17(35-3)15-22(36-4)23(21)37-5/h6-15H,1-5H3,(H,27,29)(H,28,30). The fraction of sp³-hybridized carbons (Fsp3) is 0.192. The number of carbonyl (C=O) groups excluding carboxylic acids is 1. The zero-order chi connectivity index (χ0) is 27.4. The van der Waals surface area contributed by atoms with Crippen LogP contribution in [0.25, 0.3) is 11.0 Å². The Morgan fingerprint density at radius 1 is 0.842 bits per heavy atom. The molecule has 0 saturated carbocycles. The van der Waals surface area contributed by atoms with Crippen molar-refractivity contribution in [2.24, 2.45) is 0 Å². The predicted octanol–water partition coefficient (Wildman–Crippen LogP) is 3.90. The van der Waals surface area contributed by atoms with E-state index in [4.69, 9.17) is 14.2 Å². The number of aromatic nitrogens is 2. The molecule has 0 aliphatic rings. The number of hydrogen-bond donors (Lipinski definition) is 2. The average Bonchev–Trinajstić information content (AvgIpc) is 2.92. The number of rotatable bonds is 9. The smallest absolute Gasteiger partial charge is 0.263 e. The number of fused-ring (bicyclic) bond motifs is 1. The Morgan fingerprint density at radius 2 is 1.47 bits per heavy atom. The van der Waals surface area contributed by atoms with Crippen LogP contribution in [0.1, 0.15) is 10.4 Å². The highest BCUT2D eigenvalue weighted by atomic mass is 32.2. The van der Waals surface area contributed by atoms with Crippen molar-refractivity contribution < 1.29 is 27.4 Å². The van der Waals surface area contributed by atoms with E-state index in [-0.39, 0.29) is 22.4 Å². The van der Waals surface area contributed by atoms with Crippen LogP contribution in [0.5, 0.6) is 17.2 Å². The Bertz CT molecular complexity index is 1590. The lowest BCUT2D eigenvalue weighted by molar-refractivity contribution is 0.0827. The lowest BCUT2D eigenvalue weighted by Crippen LogP contribution is -2.22. The summed E-state index contributed by atoms with van der Waals surface area (Å²) in [6.07, 6.45) is 0. The molecule has 38 heavy (non-hydrogen) atoms. The summed E-state index contributed by atoms with van der Waals surface area (Å²) in [5, 5.41) is 3.11. The molecule has 0 saturated heterocycles. The normalized spacial score (nSPS) is 11.1. The van der Waals surface area contributed by atoms with Crippen LogP contribution in [0.15, 0.2) is 65.6 Å². The number of ether oxygens (including phenoxy) is 3. The van der Waals surface area contributed by atoms with Crippen molar-refractivity contribution in [3.05, 3.63) is 66.2 Å². The maximum atomic E-state index is 13.3. The lowest BCUT2D eigenvalue weighted by atomic mass is 10.2. The Hall–Kier alpha value is -4.58. The molecular weight excluding hydrogens is 510 g/mol. The van der Waals surface area contributed by atoms with Crippen molar-refractivity contribution in [3.8, 4) is 17.2 Å². The van der Waals surface area contributed by atoms with Gasteiger partial charge in [0.2, 0.25) is 0 Å². The van der Waals surface area contributed by atoms with Crippen LogP contribution in [-0.2, 0) is 10.0 Å². The second kappa shape index (κ2) is 10.8. The predicted molar refractivity (Wildman–Crippen MR) is 144 cm³/mol. The van der Waals surface area contributed by atoms with E-state index in [0.29, 0.717) is 39.5 Å². The molecule has 11 nitrogen and oxygen atoms in total. The number of para-hydroxylation sites is 2. The Balaban J connectivity index is 1.77. The van der Waals surface area contributed by atoms with Crippen LogP contribution >= 0.6 is 0 Å². The third-order valence-corrected chi connectivity index (χ3v) is 6.92. The van der Waals surface area contributed by atoms with E-state index in [1.54, 1.807) is 50.5 Å². The van der Waals surface area contributed by atoms with Gasteiger partial charge in [0.05, 0.1) is 42.9 Å². The van der Waals surface area contributed by atoms with Crippen LogP contribution in [0, 0.1) is 0 Å². The highest BCUT2D eigenvalue weighted by Crippen LogP contribution is 2.41. The van der Waals surface area contributed by atoms with Crippen LogP contribution in [0.3, 0.4) is 0 Å². The average molecular weight is 538 g/mol. The zero-order valence-corrected chi connectivity index (χ0v) is 22.3. The first-order valence-corrected chi connectivity index (χ1v) is 12.8. The van der Waals surface area contributed by atoms with Crippen LogP contribution in [0.4, 0.5) is 17.3 Å². The summed E-state index contributed by atoms with van der Waals surface area (Å²) < 4.78 is 45.5. The molecule has 0 spiro atoms.